The van der Waals surface area contributed by atoms with E-state index in [4.69, 9.17) is 0 Å². The first-order valence-electron chi connectivity index (χ1n) is 7.01. The van der Waals surface area contributed by atoms with Crippen LogP contribution < -0.4 is 5.32 Å². The van der Waals surface area contributed by atoms with Gasteiger partial charge >= 0.3 is 0 Å². The van der Waals surface area contributed by atoms with Gasteiger partial charge < -0.3 is 5.32 Å². The normalized spacial score (nSPS) is 14.3. The summed E-state index contributed by atoms with van der Waals surface area (Å²) < 4.78 is 0. The zero-order chi connectivity index (χ0) is 14.2. The molecule has 5 heteroatoms. The Morgan fingerprint density at radius 1 is 1.24 bits per heavy atom. The first-order chi connectivity index (χ1) is 10.3. The fourth-order valence-corrected chi connectivity index (χ4v) is 2.40. The maximum atomic E-state index is 12.2. The van der Waals surface area contributed by atoms with E-state index < -0.39 is 0 Å². The monoisotopic (exact) mass is 278 g/mol. The second-order valence-electron chi connectivity index (χ2n) is 5.35. The predicted octanol–water partition coefficient (Wildman–Crippen LogP) is 3.09. The Balaban J connectivity index is 1.56. The van der Waals surface area contributed by atoms with E-state index in [0.29, 0.717) is 11.6 Å². The largest absolute Gasteiger partial charge is 0.321 e. The summed E-state index contributed by atoms with van der Waals surface area (Å²) in [5, 5.41) is 10.9. The number of hydrogen-bond donors (Lipinski definition) is 2. The van der Waals surface area contributed by atoms with E-state index in [1.807, 2.05) is 36.4 Å². The number of rotatable bonds is 3. The highest BCUT2D eigenvalue weighted by Crippen LogP contribution is 2.39. The summed E-state index contributed by atoms with van der Waals surface area (Å²) in [5.74, 6) is 0.368. The van der Waals surface area contributed by atoms with Crippen molar-refractivity contribution in [2.75, 3.05) is 5.32 Å². The fourth-order valence-electron chi connectivity index (χ4n) is 2.40. The topological polar surface area (TPSA) is 70.7 Å². The number of nitrogens with one attached hydrogen (secondary N) is 2. The summed E-state index contributed by atoms with van der Waals surface area (Å²) in [6.07, 6.45) is 4.12. The van der Waals surface area contributed by atoms with Crippen LogP contribution in [0.25, 0.3) is 10.9 Å². The number of pyridine rings is 1. The van der Waals surface area contributed by atoms with E-state index in [2.05, 4.69) is 20.5 Å². The number of aromatic nitrogens is 3. The summed E-state index contributed by atoms with van der Waals surface area (Å²) in [6, 6.07) is 11.3. The van der Waals surface area contributed by atoms with Crippen molar-refractivity contribution in [3.8, 4) is 0 Å². The van der Waals surface area contributed by atoms with Gasteiger partial charge in [0.25, 0.3) is 5.91 Å². The first kappa shape index (κ1) is 12.1. The molecule has 0 unspecified atom stereocenters. The number of hydrogen-bond acceptors (Lipinski definition) is 3. The second kappa shape index (κ2) is 4.70. The lowest BCUT2D eigenvalue weighted by Gasteiger charge is -2.04. The molecular formula is C16H14N4O. The van der Waals surface area contributed by atoms with Gasteiger partial charge in [-0.15, -0.1) is 0 Å². The standard InChI is InChI=1S/C16H14N4O/c21-16(15-9-14(19-20-15)10-3-4-10)18-12-5-6-13-11(8-12)2-1-7-17-13/h1-2,5-10H,3-4H2,(H,18,21)(H,19,20). The average Bonchev–Trinajstić information content (AvgIpc) is 3.24. The third-order valence-electron chi connectivity index (χ3n) is 3.71. The fraction of sp³-hybridized carbons (Fsp3) is 0.188. The Labute approximate surface area is 121 Å². The zero-order valence-corrected chi connectivity index (χ0v) is 11.3. The molecule has 2 aromatic heterocycles. The number of carbonyl (C=O) groups is 1. The van der Waals surface area contributed by atoms with E-state index in [0.717, 1.165) is 22.3 Å². The molecule has 0 aliphatic heterocycles. The van der Waals surface area contributed by atoms with Crippen LogP contribution in [-0.4, -0.2) is 21.1 Å². The number of fused-ring (bicyclic) bond motifs is 1. The molecule has 1 aliphatic carbocycles. The van der Waals surface area contributed by atoms with Gasteiger partial charge in [-0.25, -0.2) is 0 Å². The van der Waals surface area contributed by atoms with Crippen LogP contribution in [0.15, 0.2) is 42.6 Å². The van der Waals surface area contributed by atoms with E-state index >= 15 is 0 Å². The van der Waals surface area contributed by atoms with Crippen molar-refractivity contribution in [2.24, 2.45) is 0 Å². The van der Waals surface area contributed by atoms with Crippen molar-refractivity contribution in [3.05, 3.63) is 54.0 Å². The minimum absolute atomic E-state index is 0.193. The Morgan fingerprint density at radius 3 is 3.00 bits per heavy atom. The molecule has 0 atom stereocenters. The molecule has 0 radical (unpaired) electrons. The van der Waals surface area contributed by atoms with Gasteiger partial charge in [0.1, 0.15) is 0 Å². The number of aromatic amines is 1. The average molecular weight is 278 g/mol. The molecule has 1 saturated carbocycles. The molecule has 1 amide bonds. The van der Waals surface area contributed by atoms with Crippen LogP contribution in [0.4, 0.5) is 5.69 Å². The Bertz CT molecular complexity index is 820. The summed E-state index contributed by atoms with van der Waals surface area (Å²) >= 11 is 0. The number of benzene rings is 1. The highest BCUT2D eigenvalue weighted by atomic mass is 16.1. The molecule has 4 rings (SSSR count). The van der Waals surface area contributed by atoms with Gasteiger partial charge in [-0.1, -0.05) is 6.07 Å². The highest BCUT2D eigenvalue weighted by Gasteiger charge is 2.26. The van der Waals surface area contributed by atoms with Crippen LogP contribution in [0.3, 0.4) is 0 Å². The minimum Gasteiger partial charge on any atom is -0.321 e. The Hall–Kier alpha value is -2.69. The van der Waals surface area contributed by atoms with Crippen LogP contribution in [0.2, 0.25) is 0 Å². The van der Waals surface area contributed by atoms with Crippen LogP contribution in [0.1, 0.15) is 34.9 Å². The van der Waals surface area contributed by atoms with E-state index in [1.165, 1.54) is 12.8 Å². The lowest BCUT2D eigenvalue weighted by Crippen LogP contribution is -2.12. The summed E-state index contributed by atoms with van der Waals surface area (Å²) in [7, 11) is 0. The highest BCUT2D eigenvalue weighted by molar-refractivity contribution is 6.03. The predicted molar refractivity (Wildman–Crippen MR) is 80.3 cm³/mol. The molecule has 0 saturated heterocycles. The van der Waals surface area contributed by atoms with Crippen LogP contribution >= 0.6 is 0 Å². The minimum atomic E-state index is -0.193. The molecule has 21 heavy (non-hydrogen) atoms. The van der Waals surface area contributed by atoms with Gasteiger partial charge in [-0.05, 0) is 43.2 Å². The smallest absolute Gasteiger partial charge is 0.276 e. The quantitative estimate of drug-likeness (QED) is 0.773. The maximum Gasteiger partial charge on any atom is 0.276 e. The van der Waals surface area contributed by atoms with Crippen molar-refractivity contribution in [3.63, 3.8) is 0 Å². The van der Waals surface area contributed by atoms with Crippen molar-refractivity contribution >= 4 is 22.5 Å². The third-order valence-corrected chi connectivity index (χ3v) is 3.71. The van der Waals surface area contributed by atoms with Crippen molar-refractivity contribution in [2.45, 2.75) is 18.8 Å². The molecule has 0 bridgehead atoms. The van der Waals surface area contributed by atoms with Gasteiger partial charge in [0.2, 0.25) is 0 Å². The number of amides is 1. The second-order valence-corrected chi connectivity index (χ2v) is 5.35. The molecular weight excluding hydrogens is 264 g/mol. The lowest BCUT2D eigenvalue weighted by atomic mass is 10.2. The van der Waals surface area contributed by atoms with Gasteiger partial charge in [-0.3, -0.25) is 14.9 Å². The maximum absolute atomic E-state index is 12.2. The summed E-state index contributed by atoms with van der Waals surface area (Å²) in [5.41, 5.74) is 3.15. The van der Waals surface area contributed by atoms with Gasteiger partial charge in [0.05, 0.1) is 5.52 Å². The third kappa shape index (κ3) is 2.38. The summed E-state index contributed by atoms with van der Waals surface area (Å²) in [6.45, 7) is 0. The van der Waals surface area contributed by atoms with E-state index in [9.17, 15) is 4.79 Å². The number of anilines is 1. The van der Waals surface area contributed by atoms with Crippen molar-refractivity contribution in [1.29, 1.82) is 0 Å². The molecule has 2 heterocycles. The van der Waals surface area contributed by atoms with Crippen molar-refractivity contribution < 1.29 is 4.79 Å². The van der Waals surface area contributed by atoms with Gasteiger partial charge in [0, 0.05) is 28.9 Å². The van der Waals surface area contributed by atoms with Gasteiger partial charge in [0.15, 0.2) is 5.69 Å². The molecule has 1 fully saturated rings. The van der Waals surface area contributed by atoms with Crippen LogP contribution in [0, 0.1) is 0 Å². The number of nitrogens with zero attached hydrogens (tertiary/aromatic N) is 2. The molecule has 104 valence electrons. The SMILES string of the molecule is O=C(Nc1ccc2ncccc2c1)c1cc(C2CC2)[nH]n1. The summed E-state index contributed by atoms with van der Waals surface area (Å²) in [4.78, 5) is 16.5. The number of carbonyl (C=O) groups excluding carboxylic acids is 1. The van der Waals surface area contributed by atoms with E-state index in [-0.39, 0.29) is 5.91 Å². The van der Waals surface area contributed by atoms with Crippen LogP contribution in [-0.2, 0) is 0 Å². The molecule has 1 aliphatic rings. The first-order valence-corrected chi connectivity index (χ1v) is 7.01. The Kier molecular flexibility index (Phi) is 2.70. The van der Waals surface area contributed by atoms with Crippen molar-refractivity contribution in [1.82, 2.24) is 15.2 Å². The Morgan fingerprint density at radius 2 is 2.14 bits per heavy atom. The molecule has 0 spiro atoms. The number of H-pyrrole nitrogens is 1. The molecule has 3 aromatic rings. The molecule has 5 nitrogen and oxygen atoms in total. The lowest BCUT2D eigenvalue weighted by molar-refractivity contribution is 0.102. The van der Waals surface area contributed by atoms with E-state index in [1.54, 1.807) is 6.20 Å². The zero-order valence-electron chi connectivity index (χ0n) is 11.3. The molecule has 1 aromatic carbocycles. The van der Waals surface area contributed by atoms with Crippen LogP contribution in [0.5, 0.6) is 0 Å². The molecule has 2 N–H and O–H groups in total. The van der Waals surface area contributed by atoms with Gasteiger partial charge in [-0.2, -0.15) is 5.10 Å².